The van der Waals surface area contributed by atoms with Crippen LogP contribution in [0.15, 0.2) is 12.4 Å². The summed E-state index contributed by atoms with van der Waals surface area (Å²) in [7, 11) is 0. The molecule has 0 saturated heterocycles. The predicted molar refractivity (Wildman–Crippen MR) is 54.1 cm³/mol. The molecule has 1 fully saturated rings. The number of nitrogens with one attached hydrogen (secondary N) is 2. The van der Waals surface area contributed by atoms with Crippen LogP contribution in [0.4, 0.5) is 5.13 Å². The molecule has 72 valence electrons. The average molecular weight is 207 g/mol. The lowest BCUT2D eigenvalue weighted by Gasteiger charge is -1.94. The Bertz CT molecular complexity index is 417. The third-order valence-electron chi connectivity index (χ3n) is 2.04. The molecule has 0 amide bonds. The molecule has 0 unspecified atom stereocenters. The van der Waals surface area contributed by atoms with Crippen LogP contribution in [-0.4, -0.2) is 25.4 Å². The van der Waals surface area contributed by atoms with E-state index in [1.807, 2.05) is 0 Å². The molecule has 2 N–H and O–H groups in total. The van der Waals surface area contributed by atoms with E-state index in [-0.39, 0.29) is 0 Å². The molecule has 2 aromatic heterocycles. The first-order chi connectivity index (χ1) is 6.92. The van der Waals surface area contributed by atoms with Crippen LogP contribution in [0.1, 0.15) is 12.8 Å². The number of aromatic nitrogens is 4. The van der Waals surface area contributed by atoms with Gasteiger partial charge in [0.1, 0.15) is 0 Å². The highest BCUT2D eigenvalue weighted by molar-refractivity contribution is 7.09. The molecule has 2 heterocycles. The summed E-state index contributed by atoms with van der Waals surface area (Å²) in [6.07, 6.45) is 5.96. The first-order valence-electron chi connectivity index (χ1n) is 4.52. The fraction of sp³-hybridized carbons (Fsp3) is 0.375. The van der Waals surface area contributed by atoms with Gasteiger partial charge in [0.2, 0.25) is 11.0 Å². The van der Waals surface area contributed by atoms with Crippen LogP contribution in [-0.2, 0) is 0 Å². The van der Waals surface area contributed by atoms with Gasteiger partial charge in [0.05, 0.1) is 0 Å². The van der Waals surface area contributed by atoms with Crippen LogP contribution < -0.4 is 5.32 Å². The fourth-order valence-electron chi connectivity index (χ4n) is 1.17. The number of nitrogens with zero attached hydrogens (tertiary/aromatic N) is 3. The number of anilines is 1. The highest BCUT2D eigenvalue weighted by Crippen LogP contribution is 2.26. The topological polar surface area (TPSA) is 66.5 Å². The van der Waals surface area contributed by atoms with Gasteiger partial charge in [0, 0.05) is 30.0 Å². The van der Waals surface area contributed by atoms with Crippen LogP contribution in [0.5, 0.6) is 0 Å². The van der Waals surface area contributed by atoms with E-state index >= 15 is 0 Å². The summed E-state index contributed by atoms with van der Waals surface area (Å²) in [4.78, 5) is 11.4. The van der Waals surface area contributed by atoms with Gasteiger partial charge >= 0.3 is 0 Å². The molecule has 0 atom stereocenters. The van der Waals surface area contributed by atoms with Crippen molar-refractivity contribution in [3.8, 4) is 11.6 Å². The number of aromatic amines is 1. The number of H-pyrrole nitrogens is 1. The van der Waals surface area contributed by atoms with E-state index in [0.717, 1.165) is 11.0 Å². The summed E-state index contributed by atoms with van der Waals surface area (Å²) in [6.45, 7) is 0. The van der Waals surface area contributed by atoms with Crippen molar-refractivity contribution < 1.29 is 0 Å². The second kappa shape index (κ2) is 3.06. The molecule has 1 saturated carbocycles. The summed E-state index contributed by atoms with van der Waals surface area (Å²) in [6, 6.07) is 0.618. The lowest BCUT2D eigenvalue weighted by Crippen LogP contribution is -1.99. The first-order valence-corrected chi connectivity index (χ1v) is 5.29. The van der Waals surface area contributed by atoms with Crippen molar-refractivity contribution >= 4 is 16.7 Å². The third-order valence-corrected chi connectivity index (χ3v) is 2.69. The van der Waals surface area contributed by atoms with Crippen molar-refractivity contribution in [2.75, 3.05) is 5.32 Å². The molecule has 5 nitrogen and oxygen atoms in total. The third kappa shape index (κ3) is 1.48. The van der Waals surface area contributed by atoms with Crippen LogP contribution >= 0.6 is 11.5 Å². The van der Waals surface area contributed by atoms with Gasteiger partial charge in [-0.25, -0.2) is 4.98 Å². The largest absolute Gasteiger partial charge is 0.358 e. The SMILES string of the molecule is c1c[nH]c(-c2nsc(NC3CC3)n2)n1. The quantitative estimate of drug-likeness (QED) is 0.800. The normalized spacial score (nSPS) is 15.7. The summed E-state index contributed by atoms with van der Waals surface area (Å²) in [5, 5.41) is 4.19. The number of rotatable bonds is 3. The Hall–Kier alpha value is -1.43. The molecule has 1 aliphatic rings. The second-order valence-electron chi connectivity index (χ2n) is 3.28. The van der Waals surface area contributed by atoms with Crippen LogP contribution in [0.2, 0.25) is 0 Å². The lowest BCUT2D eigenvalue weighted by atomic mass is 10.6. The van der Waals surface area contributed by atoms with E-state index in [0.29, 0.717) is 11.9 Å². The van der Waals surface area contributed by atoms with Crippen LogP contribution in [0.25, 0.3) is 11.6 Å². The molecule has 1 aliphatic carbocycles. The molecule has 14 heavy (non-hydrogen) atoms. The minimum atomic E-state index is 0.618. The summed E-state index contributed by atoms with van der Waals surface area (Å²) < 4.78 is 4.21. The van der Waals surface area contributed by atoms with E-state index in [4.69, 9.17) is 0 Å². The Balaban J connectivity index is 1.82. The number of imidazole rings is 1. The zero-order chi connectivity index (χ0) is 9.38. The van der Waals surface area contributed by atoms with Gasteiger partial charge in [-0.1, -0.05) is 0 Å². The van der Waals surface area contributed by atoms with Gasteiger partial charge in [-0.05, 0) is 12.8 Å². The van der Waals surface area contributed by atoms with E-state index in [9.17, 15) is 0 Å². The summed E-state index contributed by atoms with van der Waals surface area (Å²) in [5.41, 5.74) is 0. The fourth-order valence-corrected chi connectivity index (χ4v) is 1.82. The highest BCUT2D eigenvalue weighted by atomic mass is 32.1. The van der Waals surface area contributed by atoms with E-state index in [1.54, 1.807) is 12.4 Å². The smallest absolute Gasteiger partial charge is 0.210 e. The van der Waals surface area contributed by atoms with Crippen LogP contribution in [0.3, 0.4) is 0 Å². The number of hydrogen-bond donors (Lipinski definition) is 2. The Kier molecular flexibility index (Phi) is 1.73. The monoisotopic (exact) mass is 207 g/mol. The molecular formula is C8H9N5S. The first kappa shape index (κ1) is 7.93. The minimum Gasteiger partial charge on any atom is -0.358 e. The molecule has 0 aromatic carbocycles. The lowest BCUT2D eigenvalue weighted by molar-refractivity contribution is 1.13. The Morgan fingerprint density at radius 1 is 1.50 bits per heavy atom. The standard InChI is InChI=1S/C8H9N5S/c1-2-5(1)11-8-12-7(13-14-8)6-9-3-4-10-6/h3-5H,1-2H2,(H,9,10)(H,11,12,13). The van der Waals surface area contributed by atoms with Gasteiger partial charge in [-0.3, -0.25) is 0 Å². The van der Waals surface area contributed by atoms with Crippen molar-refractivity contribution in [3.63, 3.8) is 0 Å². The van der Waals surface area contributed by atoms with Crippen molar-refractivity contribution in [1.29, 1.82) is 0 Å². The van der Waals surface area contributed by atoms with Crippen molar-refractivity contribution in [1.82, 2.24) is 19.3 Å². The zero-order valence-electron chi connectivity index (χ0n) is 7.40. The van der Waals surface area contributed by atoms with Crippen molar-refractivity contribution in [3.05, 3.63) is 12.4 Å². The molecule has 6 heteroatoms. The molecule has 3 rings (SSSR count). The molecular weight excluding hydrogens is 198 g/mol. The highest BCUT2D eigenvalue weighted by Gasteiger charge is 2.22. The Morgan fingerprint density at radius 3 is 3.14 bits per heavy atom. The van der Waals surface area contributed by atoms with Gasteiger partial charge < -0.3 is 10.3 Å². The second-order valence-corrected chi connectivity index (χ2v) is 4.03. The molecule has 0 bridgehead atoms. The molecule has 0 radical (unpaired) electrons. The van der Waals surface area contributed by atoms with E-state index in [2.05, 4.69) is 24.6 Å². The molecule has 2 aromatic rings. The van der Waals surface area contributed by atoms with Crippen LogP contribution in [0, 0.1) is 0 Å². The maximum atomic E-state index is 4.34. The summed E-state index contributed by atoms with van der Waals surface area (Å²) in [5.74, 6) is 1.40. The zero-order valence-corrected chi connectivity index (χ0v) is 8.21. The van der Waals surface area contributed by atoms with Gasteiger partial charge in [-0.2, -0.15) is 9.36 Å². The van der Waals surface area contributed by atoms with Gasteiger partial charge in [-0.15, -0.1) is 0 Å². The average Bonchev–Trinajstić information content (AvgIpc) is 2.71. The maximum absolute atomic E-state index is 4.34. The van der Waals surface area contributed by atoms with E-state index in [1.165, 1.54) is 24.4 Å². The van der Waals surface area contributed by atoms with Gasteiger partial charge in [0.15, 0.2) is 5.82 Å². The van der Waals surface area contributed by atoms with Crippen molar-refractivity contribution in [2.45, 2.75) is 18.9 Å². The minimum absolute atomic E-state index is 0.618. The predicted octanol–water partition coefficient (Wildman–Crippen LogP) is 1.50. The van der Waals surface area contributed by atoms with E-state index < -0.39 is 0 Å². The maximum Gasteiger partial charge on any atom is 0.210 e. The van der Waals surface area contributed by atoms with Crippen molar-refractivity contribution in [2.24, 2.45) is 0 Å². The number of hydrogen-bond acceptors (Lipinski definition) is 5. The molecule has 0 spiro atoms. The Labute approximate surface area is 84.8 Å². The summed E-state index contributed by atoms with van der Waals surface area (Å²) >= 11 is 1.38. The molecule has 0 aliphatic heterocycles. The Morgan fingerprint density at radius 2 is 2.43 bits per heavy atom. The van der Waals surface area contributed by atoms with Gasteiger partial charge in [0.25, 0.3) is 0 Å².